The Morgan fingerprint density at radius 3 is 2.53 bits per heavy atom. The number of fused-ring (bicyclic) bond motifs is 2. The summed E-state index contributed by atoms with van der Waals surface area (Å²) >= 11 is 0. The van der Waals surface area contributed by atoms with Crippen LogP contribution in [0.2, 0.25) is 0 Å². The molecule has 2 unspecified atom stereocenters. The number of carbonyl (C=O) groups excluding carboxylic acids is 2. The van der Waals surface area contributed by atoms with Gasteiger partial charge in [-0.25, -0.2) is 0 Å². The van der Waals surface area contributed by atoms with E-state index in [2.05, 4.69) is 0 Å². The molecule has 4 nitrogen and oxygen atoms in total. The topological polar surface area (TPSA) is 46.6 Å². The van der Waals surface area contributed by atoms with E-state index in [1.807, 2.05) is 4.90 Å². The second-order valence-corrected chi connectivity index (χ2v) is 4.42. The molecule has 0 aliphatic carbocycles. The van der Waals surface area contributed by atoms with E-state index in [9.17, 15) is 9.59 Å². The predicted octanol–water partition coefficient (Wildman–Crippen LogP) is 0.745. The first-order valence-electron chi connectivity index (χ1n) is 5.54. The number of ether oxygens (including phenoxy) is 1. The van der Waals surface area contributed by atoms with Crippen molar-refractivity contribution in [2.24, 2.45) is 0 Å². The van der Waals surface area contributed by atoms with Gasteiger partial charge in [0.05, 0.1) is 0 Å². The molecule has 2 atom stereocenters. The Kier molecular flexibility index (Phi) is 3.05. The fraction of sp³-hybridized carbons (Fsp3) is 0.818. The summed E-state index contributed by atoms with van der Waals surface area (Å²) in [5.41, 5.74) is 0. The molecule has 0 aromatic heterocycles. The number of nitrogens with zero attached hydrogens (tertiary/aromatic N) is 1. The van der Waals surface area contributed by atoms with Crippen molar-refractivity contribution in [2.45, 2.75) is 44.2 Å². The van der Waals surface area contributed by atoms with Crippen LogP contribution in [0.25, 0.3) is 0 Å². The molecule has 15 heavy (non-hydrogen) atoms. The fourth-order valence-corrected chi connectivity index (χ4v) is 2.78. The molecule has 84 valence electrons. The van der Waals surface area contributed by atoms with E-state index in [1.54, 1.807) is 0 Å². The predicted molar refractivity (Wildman–Crippen MR) is 54.4 cm³/mol. The first-order chi connectivity index (χ1) is 7.22. The molecular formula is C11H17NO3. The molecule has 2 fully saturated rings. The van der Waals surface area contributed by atoms with Crippen LogP contribution in [0.5, 0.6) is 0 Å². The summed E-state index contributed by atoms with van der Waals surface area (Å²) in [6, 6.07) is 0.292. The van der Waals surface area contributed by atoms with Crippen molar-refractivity contribution in [3.8, 4) is 0 Å². The zero-order valence-electron chi connectivity index (χ0n) is 9.07. The Hall–Kier alpha value is -0.900. The molecule has 2 rings (SSSR count). The SMILES string of the molecule is COCC(=O)N1C2CCCC1CC(=O)C2. The smallest absolute Gasteiger partial charge is 0.249 e. The number of rotatable bonds is 2. The van der Waals surface area contributed by atoms with Crippen LogP contribution in [0.3, 0.4) is 0 Å². The standard InChI is InChI=1S/C11H17NO3/c1-15-7-11(14)12-8-3-2-4-9(12)6-10(13)5-8/h8-9H,2-7H2,1H3. The Balaban J connectivity index is 2.10. The van der Waals surface area contributed by atoms with Crippen LogP contribution in [-0.2, 0) is 14.3 Å². The molecule has 0 saturated carbocycles. The molecule has 0 aromatic rings. The van der Waals surface area contributed by atoms with E-state index >= 15 is 0 Å². The Morgan fingerprint density at radius 1 is 1.40 bits per heavy atom. The molecule has 1 amide bonds. The summed E-state index contributed by atoms with van der Waals surface area (Å²) in [5.74, 6) is 0.353. The summed E-state index contributed by atoms with van der Waals surface area (Å²) in [6.45, 7) is 0.140. The minimum atomic E-state index is 0.0414. The molecule has 2 saturated heterocycles. The van der Waals surface area contributed by atoms with Gasteiger partial charge in [0.1, 0.15) is 12.4 Å². The van der Waals surface area contributed by atoms with Crippen LogP contribution in [0.15, 0.2) is 0 Å². The largest absolute Gasteiger partial charge is 0.375 e. The Labute approximate surface area is 89.6 Å². The van der Waals surface area contributed by atoms with Crippen molar-refractivity contribution in [2.75, 3.05) is 13.7 Å². The van der Waals surface area contributed by atoms with E-state index in [4.69, 9.17) is 4.74 Å². The van der Waals surface area contributed by atoms with Crippen molar-refractivity contribution in [3.05, 3.63) is 0 Å². The van der Waals surface area contributed by atoms with Gasteiger partial charge >= 0.3 is 0 Å². The van der Waals surface area contributed by atoms with E-state index < -0.39 is 0 Å². The third-order valence-corrected chi connectivity index (χ3v) is 3.34. The molecule has 4 heteroatoms. The highest BCUT2D eigenvalue weighted by atomic mass is 16.5. The van der Waals surface area contributed by atoms with Crippen LogP contribution in [-0.4, -0.2) is 42.4 Å². The molecule has 2 heterocycles. The number of ketones is 1. The lowest BCUT2D eigenvalue weighted by atomic mass is 9.84. The van der Waals surface area contributed by atoms with Crippen LogP contribution in [0.1, 0.15) is 32.1 Å². The number of methoxy groups -OCH3 is 1. The van der Waals surface area contributed by atoms with Crippen LogP contribution < -0.4 is 0 Å². The summed E-state index contributed by atoms with van der Waals surface area (Å²) in [7, 11) is 1.53. The van der Waals surface area contributed by atoms with E-state index in [0.29, 0.717) is 18.6 Å². The lowest BCUT2D eigenvalue weighted by molar-refractivity contribution is -0.148. The lowest BCUT2D eigenvalue weighted by Gasteiger charge is -2.45. The average Bonchev–Trinajstić information content (AvgIpc) is 2.16. The zero-order valence-corrected chi connectivity index (χ0v) is 9.07. The fourth-order valence-electron chi connectivity index (χ4n) is 2.78. The van der Waals surface area contributed by atoms with Gasteiger partial charge in [-0.1, -0.05) is 0 Å². The zero-order chi connectivity index (χ0) is 10.8. The molecule has 0 aromatic carbocycles. The minimum Gasteiger partial charge on any atom is -0.375 e. The molecular weight excluding hydrogens is 194 g/mol. The van der Waals surface area contributed by atoms with Crippen molar-refractivity contribution in [3.63, 3.8) is 0 Å². The third-order valence-electron chi connectivity index (χ3n) is 3.34. The number of carbonyl (C=O) groups is 2. The summed E-state index contributed by atoms with van der Waals surface area (Å²) in [5, 5.41) is 0. The average molecular weight is 211 g/mol. The highest BCUT2D eigenvalue weighted by Crippen LogP contribution is 2.32. The maximum absolute atomic E-state index is 11.8. The quantitative estimate of drug-likeness (QED) is 0.677. The number of piperidine rings is 2. The summed E-state index contributed by atoms with van der Waals surface area (Å²) in [6.07, 6.45) is 4.17. The van der Waals surface area contributed by atoms with E-state index in [-0.39, 0.29) is 24.6 Å². The van der Waals surface area contributed by atoms with Crippen LogP contribution in [0, 0.1) is 0 Å². The van der Waals surface area contributed by atoms with Crippen molar-refractivity contribution in [1.82, 2.24) is 4.90 Å². The first kappa shape index (κ1) is 10.6. The summed E-state index contributed by atoms with van der Waals surface area (Å²) in [4.78, 5) is 25.1. The summed E-state index contributed by atoms with van der Waals surface area (Å²) < 4.78 is 4.87. The number of amides is 1. The third kappa shape index (κ3) is 2.04. The van der Waals surface area contributed by atoms with Gasteiger partial charge in [0, 0.05) is 32.0 Å². The van der Waals surface area contributed by atoms with Gasteiger partial charge in [-0.15, -0.1) is 0 Å². The number of hydrogen-bond acceptors (Lipinski definition) is 3. The maximum atomic E-state index is 11.8. The van der Waals surface area contributed by atoms with Gasteiger partial charge < -0.3 is 9.64 Å². The van der Waals surface area contributed by atoms with Gasteiger partial charge in [0.15, 0.2) is 0 Å². The van der Waals surface area contributed by atoms with Gasteiger partial charge in [-0.05, 0) is 19.3 Å². The lowest BCUT2D eigenvalue weighted by Crippen LogP contribution is -2.55. The normalized spacial score (nSPS) is 30.5. The van der Waals surface area contributed by atoms with E-state index in [1.165, 1.54) is 7.11 Å². The maximum Gasteiger partial charge on any atom is 0.249 e. The monoisotopic (exact) mass is 211 g/mol. The van der Waals surface area contributed by atoms with Gasteiger partial charge in [-0.2, -0.15) is 0 Å². The van der Waals surface area contributed by atoms with Gasteiger partial charge in [-0.3, -0.25) is 9.59 Å². The molecule has 2 aliphatic rings. The highest BCUT2D eigenvalue weighted by Gasteiger charge is 2.39. The molecule has 0 radical (unpaired) electrons. The minimum absolute atomic E-state index is 0.0414. The van der Waals surface area contributed by atoms with Crippen LogP contribution in [0.4, 0.5) is 0 Å². The van der Waals surface area contributed by atoms with Crippen LogP contribution >= 0.6 is 0 Å². The first-order valence-corrected chi connectivity index (χ1v) is 5.54. The molecule has 2 aliphatic heterocycles. The molecule has 0 spiro atoms. The second-order valence-electron chi connectivity index (χ2n) is 4.42. The van der Waals surface area contributed by atoms with Crippen molar-refractivity contribution >= 4 is 11.7 Å². The second kappa shape index (κ2) is 4.31. The van der Waals surface area contributed by atoms with E-state index in [0.717, 1.165) is 19.3 Å². The van der Waals surface area contributed by atoms with Crippen molar-refractivity contribution < 1.29 is 14.3 Å². The van der Waals surface area contributed by atoms with Gasteiger partial charge in [0.2, 0.25) is 5.91 Å². The highest BCUT2D eigenvalue weighted by molar-refractivity contribution is 5.85. The number of hydrogen-bond donors (Lipinski definition) is 0. The molecule has 0 N–H and O–H groups in total. The number of Topliss-reactive ketones (excluding diaryl/α,β-unsaturated/α-hetero) is 1. The molecule has 2 bridgehead atoms. The Bertz CT molecular complexity index is 261. The van der Waals surface area contributed by atoms with Gasteiger partial charge in [0.25, 0.3) is 0 Å². The Morgan fingerprint density at radius 2 is 2.00 bits per heavy atom. The van der Waals surface area contributed by atoms with Crippen molar-refractivity contribution in [1.29, 1.82) is 0 Å².